The number of nitrogens with zero attached hydrogens (tertiary/aromatic N) is 3. The number of carboxylic acids is 1. The van der Waals surface area contributed by atoms with Crippen LogP contribution in [0.5, 0.6) is 5.75 Å². The molecule has 2 heterocycles. The second kappa shape index (κ2) is 10.5. The Hall–Kier alpha value is -3.05. The fourth-order valence-electron chi connectivity index (χ4n) is 3.48. The lowest BCUT2D eigenvalue weighted by Gasteiger charge is -2.12. The number of aromatic nitrogens is 3. The van der Waals surface area contributed by atoms with E-state index in [2.05, 4.69) is 22.5 Å². The van der Waals surface area contributed by atoms with E-state index < -0.39 is 23.3 Å². The van der Waals surface area contributed by atoms with E-state index in [0.29, 0.717) is 36.5 Å². The number of carboxylic acid groups (broad SMARTS) is 1. The predicted molar refractivity (Wildman–Crippen MR) is 131 cm³/mol. The Morgan fingerprint density at radius 3 is 2.39 bits per heavy atom. The van der Waals surface area contributed by atoms with Crippen LogP contribution in [0.2, 0.25) is 0 Å². The van der Waals surface area contributed by atoms with Gasteiger partial charge < -0.3 is 19.1 Å². The Morgan fingerprint density at radius 2 is 1.83 bits per heavy atom. The molecule has 4 rings (SSSR count). The van der Waals surface area contributed by atoms with Gasteiger partial charge in [-0.15, -0.1) is 0 Å². The number of halogens is 3. The number of benzene rings is 1. The summed E-state index contributed by atoms with van der Waals surface area (Å²) in [4.78, 5) is 19.5. The standard InChI is InChI=1S/C25H26F3N3O4S/c1-36(2)12-11-34-16-31-14-21(25(26,27)28)30-22(31)18-5-8-20(29-13-18)17-3-6-19(7-4-17)35-15-24(9-10-24)23(32)33/h3-8,13-14H,9-12,15-16H2,1-2H3/p+1. The third-order valence-corrected chi connectivity index (χ3v) is 6.91. The summed E-state index contributed by atoms with van der Waals surface area (Å²) in [6.07, 6.45) is 3.25. The van der Waals surface area contributed by atoms with Crippen LogP contribution in [0.4, 0.5) is 13.2 Å². The van der Waals surface area contributed by atoms with Crippen LogP contribution in [0.25, 0.3) is 22.6 Å². The van der Waals surface area contributed by atoms with Gasteiger partial charge in [0.15, 0.2) is 5.69 Å². The Balaban J connectivity index is 1.46. The largest absolute Gasteiger partial charge is 0.492 e. The number of pyridine rings is 1. The number of alkyl halides is 3. The fourth-order valence-corrected chi connectivity index (χ4v) is 3.93. The molecule has 0 bridgehead atoms. The minimum Gasteiger partial charge on any atom is -0.492 e. The molecule has 11 heteroatoms. The van der Waals surface area contributed by atoms with Gasteiger partial charge >= 0.3 is 12.1 Å². The van der Waals surface area contributed by atoms with Gasteiger partial charge in [0.1, 0.15) is 36.1 Å². The second-order valence-electron chi connectivity index (χ2n) is 8.98. The van der Waals surface area contributed by atoms with Crippen LogP contribution in [-0.2, 0) is 33.3 Å². The summed E-state index contributed by atoms with van der Waals surface area (Å²) in [5.41, 5.74) is 0.0886. The van der Waals surface area contributed by atoms with Crippen molar-refractivity contribution in [1.82, 2.24) is 14.5 Å². The van der Waals surface area contributed by atoms with E-state index in [1.165, 1.54) is 10.8 Å². The van der Waals surface area contributed by atoms with Crippen LogP contribution in [0.3, 0.4) is 0 Å². The average Bonchev–Trinajstić information content (AvgIpc) is 3.51. The lowest BCUT2D eigenvalue weighted by atomic mass is 10.1. The van der Waals surface area contributed by atoms with E-state index in [4.69, 9.17) is 9.47 Å². The van der Waals surface area contributed by atoms with Crippen molar-refractivity contribution in [1.29, 1.82) is 0 Å². The van der Waals surface area contributed by atoms with E-state index in [0.717, 1.165) is 17.5 Å². The first-order valence-electron chi connectivity index (χ1n) is 11.3. The number of ether oxygens (including phenoxy) is 2. The van der Waals surface area contributed by atoms with Gasteiger partial charge in [0.05, 0.1) is 24.8 Å². The quantitative estimate of drug-likeness (QED) is 0.290. The highest BCUT2D eigenvalue weighted by Crippen LogP contribution is 2.46. The van der Waals surface area contributed by atoms with Gasteiger partial charge in [-0.3, -0.25) is 9.78 Å². The molecule has 1 aliphatic rings. The van der Waals surface area contributed by atoms with Gasteiger partial charge in [0.2, 0.25) is 0 Å². The third-order valence-electron chi connectivity index (χ3n) is 5.93. The van der Waals surface area contributed by atoms with Gasteiger partial charge in [-0.2, -0.15) is 13.2 Å². The van der Waals surface area contributed by atoms with Crippen molar-refractivity contribution in [3.05, 3.63) is 54.5 Å². The molecule has 0 spiro atoms. The molecular weight excluding hydrogens is 495 g/mol. The minimum absolute atomic E-state index is 0.0397. The summed E-state index contributed by atoms with van der Waals surface area (Å²) in [5.74, 6) is 0.678. The van der Waals surface area contributed by atoms with Crippen molar-refractivity contribution in [2.24, 2.45) is 5.41 Å². The summed E-state index contributed by atoms with van der Waals surface area (Å²) < 4.78 is 52.5. The molecule has 0 aliphatic heterocycles. The summed E-state index contributed by atoms with van der Waals surface area (Å²) in [7, 11) is 0.178. The third kappa shape index (κ3) is 6.19. The molecule has 0 atom stereocenters. The summed E-state index contributed by atoms with van der Waals surface area (Å²) in [5, 5.41) is 9.25. The van der Waals surface area contributed by atoms with Crippen molar-refractivity contribution in [2.75, 3.05) is 31.5 Å². The maximum Gasteiger partial charge on any atom is 0.434 e. The Kier molecular flexibility index (Phi) is 7.60. The molecule has 2 aromatic heterocycles. The van der Waals surface area contributed by atoms with Crippen LogP contribution in [0.15, 0.2) is 48.8 Å². The SMILES string of the molecule is C[S+](C)CCOCn1cc(C(F)(F)F)nc1-c1ccc(-c2ccc(OCC3(C(=O)O)CC3)cc2)nc1. The van der Waals surface area contributed by atoms with Crippen LogP contribution in [0, 0.1) is 5.41 Å². The number of imidazole rings is 1. The second-order valence-corrected chi connectivity index (χ2v) is 11.4. The zero-order chi connectivity index (χ0) is 25.9. The fraction of sp³-hybridized carbons (Fsp3) is 0.400. The Labute approximate surface area is 209 Å². The number of aliphatic carboxylic acids is 1. The van der Waals surface area contributed by atoms with Gasteiger partial charge in [-0.05, 0) is 60.1 Å². The molecule has 192 valence electrons. The number of carbonyl (C=O) groups is 1. The Bertz CT molecular complexity index is 1190. The van der Waals surface area contributed by atoms with E-state index >= 15 is 0 Å². The van der Waals surface area contributed by atoms with Crippen molar-refractivity contribution >= 4 is 16.9 Å². The van der Waals surface area contributed by atoms with E-state index in [1.807, 2.05) is 0 Å². The summed E-state index contributed by atoms with van der Waals surface area (Å²) in [6, 6.07) is 10.4. The van der Waals surface area contributed by atoms with Crippen LogP contribution < -0.4 is 4.74 Å². The summed E-state index contributed by atoms with van der Waals surface area (Å²) >= 11 is 0. The van der Waals surface area contributed by atoms with E-state index in [-0.39, 0.29) is 30.1 Å². The number of hydrogen-bond acceptors (Lipinski definition) is 5. The average molecular weight is 523 g/mol. The van der Waals surface area contributed by atoms with Gasteiger partial charge in [-0.1, -0.05) is 0 Å². The Morgan fingerprint density at radius 1 is 1.14 bits per heavy atom. The van der Waals surface area contributed by atoms with Crippen molar-refractivity contribution < 1.29 is 32.5 Å². The van der Waals surface area contributed by atoms with Gasteiger partial charge in [0, 0.05) is 23.5 Å². The maximum absolute atomic E-state index is 13.3. The van der Waals surface area contributed by atoms with Crippen molar-refractivity contribution in [3.8, 4) is 28.4 Å². The monoisotopic (exact) mass is 522 g/mol. The number of hydrogen-bond donors (Lipinski definition) is 1. The highest BCUT2D eigenvalue weighted by molar-refractivity contribution is 7.95. The molecule has 36 heavy (non-hydrogen) atoms. The van der Waals surface area contributed by atoms with Crippen LogP contribution in [0.1, 0.15) is 18.5 Å². The lowest BCUT2D eigenvalue weighted by Crippen LogP contribution is -2.22. The smallest absolute Gasteiger partial charge is 0.434 e. The van der Waals surface area contributed by atoms with Crippen LogP contribution in [-0.4, -0.2) is 57.1 Å². The minimum atomic E-state index is -4.57. The molecule has 1 aliphatic carbocycles. The molecule has 0 radical (unpaired) electrons. The topological polar surface area (TPSA) is 86.5 Å². The predicted octanol–water partition coefficient (Wildman–Crippen LogP) is 4.73. The molecular formula is C25H27F3N3O4S+. The highest BCUT2D eigenvalue weighted by Gasteiger charge is 2.51. The first-order valence-corrected chi connectivity index (χ1v) is 13.5. The highest BCUT2D eigenvalue weighted by atomic mass is 32.2. The molecule has 0 unspecified atom stereocenters. The molecule has 1 N–H and O–H groups in total. The molecule has 1 saturated carbocycles. The zero-order valence-corrected chi connectivity index (χ0v) is 20.7. The summed E-state index contributed by atoms with van der Waals surface area (Å²) in [6.45, 7) is 0.536. The zero-order valence-electron chi connectivity index (χ0n) is 19.9. The maximum atomic E-state index is 13.3. The van der Waals surface area contributed by atoms with Gasteiger partial charge in [-0.25, -0.2) is 4.98 Å². The lowest BCUT2D eigenvalue weighted by molar-refractivity contribution is -0.144. The van der Waals surface area contributed by atoms with Crippen molar-refractivity contribution in [3.63, 3.8) is 0 Å². The molecule has 0 saturated heterocycles. The van der Waals surface area contributed by atoms with Gasteiger partial charge in [0.25, 0.3) is 0 Å². The molecule has 3 aromatic rings. The van der Waals surface area contributed by atoms with Crippen molar-refractivity contribution in [2.45, 2.75) is 25.7 Å². The first-order chi connectivity index (χ1) is 17.1. The molecule has 7 nitrogen and oxygen atoms in total. The van der Waals surface area contributed by atoms with E-state index in [9.17, 15) is 23.1 Å². The first kappa shape index (κ1) is 26.0. The van der Waals surface area contributed by atoms with E-state index in [1.54, 1.807) is 36.4 Å². The molecule has 1 fully saturated rings. The normalized spacial score (nSPS) is 14.7. The molecule has 0 amide bonds. The number of rotatable bonds is 11. The van der Waals surface area contributed by atoms with Crippen LogP contribution >= 0.6 is 0 Å². The molecule has 1 aromatic carbocycles.